The fourth-order valence-electron chi connectivity index (χ4n) is 1.29. The highest BCUT2D eigenvalue weighted by molar-refractivity contribution is 6.30. The van der Waals surface area contributed by atoms with E-state index >= 15 is 0 Å². The highest BCUT2D eigenvalue weighted by Crippen LogP contribution is 2.07. The van der Waals surface area contributed by atoms with Crippen LogP contribution in [0.1, 0.15) is 11.1 Å². The van der Waals surface area contributed by atoms with Gasteiger partial charge in [0.2, 0.25) is 0 Å². The summed E-state index contributed by atoms with van der Waals surface area (Å²) >= 11 is 5.78. The highest BCUT2D eigenvalue weighted by Gasteiger charge is 1.87. The largest absolute Gasteiger partial charge is 0.159 e. The van der Waals surface area contributed by atoms with E-state index in [1.165, 1.54) is 0 Å². The van der Waals surface area contributed by atoms with Crippen LogP contribution >= 0.6 is 11.6 Å². The Morgan fingerprint density at radius 3 is 1.82 bits per heavy atom. The molecule has 17 heavy (non-hydrogen) atoms. The van der Waals surface area contributed by atoms with Gasteiger partial charge in [-0.3, -0.25) is 0 Å². The second-order valence-corrected chi connectivity index (χ2v) is 3.89. The van der Waals surface area contributed by atoms with Crippen molar-refractivity contribution in [2.24, 2.45) is 10.2 Å². The molecule has 0 spiro atoms. The van der Waals surface area contributed by atoms with Crippen LogP contribution in [0.15, 0.2) is 64.8 Å². The van der Waals surface area contributed by atoms with E-state index in [0.29, 0.717) is 0 Å². The molecule has 84 valence electrons. The van der Waals surface area contributed by atoms with Gasteiger partial charge in [0.25, 0.3) is 0 Å². The summed E-state index contributed by atoms with van der Waals surface area (Å²) in [4.78, 5) is 0. The molecule has 0 aliphatic carbocycles. The molecule has 0 aromatic heterocycles. The molecule has 2 nitrogen and oxygen atoms in total. The molecular formula is C14H11ClN2. The molecule has 0 N–H and O–H groups in total. The Labute approximate surface area is 105 Å². The van der Waals surface area contributed by atoms with Gasteiger partial charge in [0, 0.05) is 5.02 Å². The Hall–Kier alpha value is -1.93. The van der Waals surface area contributed by atoms with Gasteiger partial charge in [0.1, 0.15) is 0 Å². The minimum Gasteiger partial charge on any atom is -0.159 e. The van der Waals surface area contributed by atoms with Gasteiger partial charge in [-0.2, -0.15) is 10.2 Å². The quantitative estimate of drug-likeness (QED) is 0.578. The molecule has 0 heterocycles. The number of benzene rings is 2. The molecule has 0 aliphatic rings. The first-order chi connectivity index (χ1) is 8.34. The second kappa shape index (κ2) is 5.97. The van der Waals surface area contributed by atoms with Crippen molar-refractivity contribution in [2.75, 3.05) is 0 Å². The van der Waals surface area contributed by atoms with Crippen LogP contribution in [0.25, 0.3) is 0 Å². The van der Waals surface area contributed by atoms with Crippen molar-refractivity contribution in [3.05, 3.63) is 70.7 Å². The van der Waals surface area contributed by atoms with Crippen molar-refractivity contribution >= 4 is 24.0 Å². The molecule has 0 amide bonds. The predicted octanol–water partition coefficient (Wildman–Crippen LogP) is 3.79. The second-order valence-electron chi connectivity index (χ2n) is 3.45. The van der Waals surface area contributed by atoms with E-state index in [-0.39, 0.29) is 0 Å². The lowest BCUT2D eigenvalue weighted by molar-refractivity contribution is 1.26. The Balaban J connectivity index is 1.98. The van der Waals surface area contributed by atoms with E-state index < -0.39 is 0 Å². The summed E-state index contributed by atoms with van der Waals surface area (Å²) in [5, 5.41) is 8.66. The normalized spacial score (nSPS) is 11.4. The first-order valence-corrected chi connectivity index (χ1v) is 5.59. The zero-order chi connectivity index (χ0) is 11.9. The molecule has 0 radical (unpaired) electrons. The summed E-state index contributed by atoms with van der Waals surface area (Å²) in [7, 11) is 0. The van der Waals surface area contributed by atoms with Gasteiger partial charge in [0.15, 0.2) is 0 Å². The maximum absolute atomic E-state index is 5.78. The average molecular weight is 243 g/mol. The van der Waals surface area contributed by atoms with Gasteiger partial charge in [-0.15, -0.1) is 0 Å². The van der Waals surface area contributed by atoms with E-state index in [1.807, 2.05) is 54.6 Å². The Morgan fingerprint density at radius 1 is 0.706 bits per heavy atom. The molecule has 0 saturated carbocycles. The fourth-order valence-corrected chi connectivity index (χ4v) is 1.41. The summed E-state index contributed by atoms with van der Waals surface area (Å²) in [6, 6.07) is 17.3. The summed E-state index contributed by atoms with van der Waals surface area (Å²) in [6.45, 7) is 0. The zero-order valence-electron chi connectivity index (χ0n) is 9.12. The van der Waals surface area contributed by atoms with Crippen molar-refractivity contribution in [2.45, 2.75) is 0 Å². The van der Waals surface area contributed by atoms with Crippen LogP contribution in [-0.4, -0.2) is 12.4 Å². The van der Waals surface area contributed by atoms with Gasteiger partial charge in [-0.1, -0.05) is 54.1 Å². The van der Waals surface area contributed by atoms with E-state index in [9.17, 15) is 0 Å². The predicted molar refractivity (Wildman–Crippen MR) is 73.1 cm³/mol. The number of hydrogen-bond donors (Lipinski definition) is 0. The minimum absolute atomic E-state index is 0.718. The van der Waals surface area contributed by atoms with Crippen molar-refractivity contribution in [3.8, 4) is 0 Å². The van der Waals surface area contributed by atoms with Crippen molar-refractivity contribution in [1.29, 1.82) is 0 Å². The van der Waals surface area contributed by atoms with Crippen LogP contribution in [0, 0.1) is 0 Å². The molecule has 2 rings (SSSR count). The first kappa shape index (κ1) is 11.6. The molecular weight excluding hydrogens is 232 g/mol. The summed E-state index contributed by atoms with van der Waals surface area (Å²) in [5.74, 6) is 0. The third-order valence-electron chi connectivity index (χ3n) is 2.15. The van der Waals surface area contributed by atoms with E-state index in [1.54, 1.807) is 12.4 Å². The summed E-state index contributed by atoms with van der Waals surface area (Å²) in [6.07, 6.45) is 3.40. The monoisotopic (exact) mass is 242 g/mol. The van der Waals surface area contributed by atoms with Gasteiger partial charge >= 0.3 is 0 Å². The van der Waals surface area contributed by atoms with Crippen LogP contribution in [-0.2, 0) is 0 Å². The minimum atomic E-state index is 0.718. The Bertz CT molecular complexity index is 516. The molecule has 0 saturated heterocycles. The number of halogens is 1. The van der Waals surface area contributed by atoms with E-state index in [4.69, 9.17) is 11.6 Å². The standard InChI is InChI=1S/C14H11ClN2/c15-14-8-6-13(7-9-14)11-17-16-10-12-4-2-1-3-5-12/h1-11H. The molecule has 0 aliphatic heterocycles. The molecule has 2 aromatic rings. The third-order valence-corrected chi connectivity index (χ3v) is 2.40. The molecule has 2 aromatic carbocycles. The van der Waals surface area contributed by atoms with Crippen LogP contribution < -0.4 is 0 Å². The number of hydrogen-bond acceptors (Lipinski definition) is 2. The van der Waals surface area contributed by atoms with Crippen LogP contribution in [0.2, 0.25) is 5.02 Å². The van der Waals surface area contributed by atoms with Crippen LogP contribution in [0.4, 0.5) is 0 Å². The first-order valence-electron chi connectivity index (χ1n) is 5.21. The zero-order valence-corrected chi connectivity index (χ0v) is 9.88. The number of nitrogens with zero attached hydrogens (tertiary/aromatic N) is 2. The molecule has 3 heteroatoms. The van der Waals surface area contributed by atoms with Crippen molar-refractivity contribution < 1.29 is 0 Å². The van der Waals surface area contributed by atoms with Crippen LogP contribution in [0.5, 0.6) is 0 Å². The van der Waals surface area contributed by atoms with E-state index in [0.717, 1.165) is 16.1 Å². The molecule has 0 unspecified atom stereocenters. The van der Waals surface area contributed by atoms with Gasteiger partial charge in [-0.25, -0.2) is 0 Å². The van der Waals surface area contributed by atoms with Gasteiger partial charge in [-0.05, 0) is 23.3 Å². The van der Waals surface area contributed by atoms with Crippen LogP contribution in [0.3, 0.4) is 0 Å². The Morgan fingerprint density at radius 2 is 1.24 bits per heavy atom. The van der Waals surface area contributed by atoms with Crippen molar-refractivity contribution in [3.63, 3.8) is 0 Å². The topological polar surface area (TPSA) is 24.7 Å². The maximum Gasteiger partial charge on any atom is 0.0568 e. The van der Waals surface area contributed by atoms with E-state index in [2.05, 4.69) is 10.2 Å². The molecule has 0 fully saturated rings. The SMILES string of the molecule is Clc1ccc(C=NN=Cc2ccccc2)cc1. The third kappa shape index (κ3) is 3.85. The lowest BCUT2D eigenvalue weighted by Gasteiger charge is -1.91. The smallest absolute Gasteiger partial charge is 0.0568 e. The highest BCUT2D eigenvalue weighted by atomic mass is 35.5. The summed E-state index contributed by atoms with van der Waals surface area (Å²) in [5.41, 5.74) is 2.00. The van der Waals surface area contributed by atoms with Gasteiger partial charge < -0.3 is 0 Å². The molecule has 0 bridgehead atoms. The molecule has 0 atom stereocenters. The van der Waals surface area contributed by atoms with Gasteiger partial charge in [0.05, 0.1) is 12.4 Å². The van der Waals surface area contributed by atoms with Crippen molar-refractivity contribution in [1.82, 2.24) is 0 Å². The lowest BCUT2D eigenvalue weighted by Crippen LogP contribution is -1.80. The lowest BCUT2D eigenvalue weighted by atomic mass is 10.2. The number of rotatable bonds is 3. The Kier molecular flexibility index (Phi) is 4.05. The average Bonchev–Trinajstić information content (AvgIpc) is 2.38. The fraction of sp³-hybridized carbons (Fsp3) is 0. The maximum atomic E-state index is 5.78. The summed E-state index contributed by atoms with van der Waals surface area (Å²) < 4.78 is 0.